The number of nitrogens with one attached hydrogen (secondary N) is 2. The highest BCUT2D eigenvalue weighted by Gasteiger charge is 2.24. The first-order valence-corrected chi connectivity index (χ1v) is 7.37. The van der Waals surface area contributed by atoms with Crippen molar-refractivity contribution in [3.63, 3.8) is 0 Å². The Kier molecular flexibility index (Phi) is 3.07. The van der Waals surface area contributed by atoms with Crippen LogP contribution in [0.2, 0.25) is 5.02 Å². The first-order chi connectivity index (χ1) is 10.7. The van der Waals surface area contributed by atoms with Crippen molar-refractivity contribution in [2.24, 2.45) is 0 Å². The summed E-state index contributed by atoms with van der Waals surface area (Å²) in [4.78, 5) is 17.6. The van der Waals surface area contributed by atoms with Crippen LogP contribution in [-0.2, 0) is 24.2 Å². The molecule has 3 heterocycles. The zero-order valence-electron chi connectivity index (χ0n) is 11.6. The standard InChI is InChI=1S/C14H13ClN6O/c15-8-1-2-11-9(5-8)10-7-21(4-3-12(10)16-11)14(22)6-13-17-19-20-18-13/h1-2,5,16H,3-4,6-7H2,(H,17,18,19,20). The average molecular weight is 317 g/mol. The molecule has 0 atom stereocenters. The molecule has 0 spiro atoms. The summed E-state index contributed by atoms with van der Waals surface area (Å²) in [5.74, 6) is 0.418. The molecule has 4 rings (SSSR count). The van der Waals surface area contributed by atoms with E-state index in [0.717, 1.165) is 22.9 Å². The van der Waals surface area contributed by atoms with Gasteiger partial charge in [-0.05, 0) is 18.2 Å². The lowest BCUT2D eigenvalue weighted by Gasteiger charge is -2.27. The van der Waals surface area contributed by atoms with Crippen LogP contribution in [0.4, 0.5) is 0 Å². The van der Waals surface area contributed by atoms with Crippen LogP contribution in [0.25, 0.3) is 10.9 Å². The molecule has 3 aromatic rings. The number of benzene rings is 1. The fourth-order valence-electron chi connectivity index (χ4n) is 2.90. The molecule has 8 heteroatoms. The van der Waals surface area contributed by atoms with Gasteiger partial charge in [-0.15, -0.1) is 10.2 Å². The Hall–Kier alpha value is -2.41. The van der Waals surface area contributed by atoms with Crippen LogP contribution in [0.1, 0.15) is 17.1 Å². The van der Waals surface area contributed by atoms with Crippen molar-refractivity contribution in [2.45, 2.75) is 19.4 Å². The Morgan fingerprint density at radius 2 is 2.32 bits per heavy atom. The number of aromatic amines is 2. The molecule has 0 unspecified atom stereocenters. The number of H-pyrrole nitrogens is 2. The molecule has 0 saturated heterocycles. The predicted molar refractivity (Wildman–Crippen MR) is 80.3 cm³/mol. The second kappa shape index (κ2) is 5.10. The normalized spacial score (nSPS) is 14.3. The summed E-state index contributed by atoms with van der Waals surface area (Å²) in [5.41, 5.74) is 3.38. The predicted octanol–water partition coefficient (Wildman–Crippen LogP) is 1.46. The second-order valence-electron chi connectivity index (χ2n) is 5.34. The lowest BCUT2D eigenvalue weighted by Crippen LogP contribution is -2.37. The van der Waals surface area contributed by atoms with Gasteiger partial charge in [0.15, 0.2) is 5.82 Å². The van der Waals surface area contributed by atoms with E-state index in [0.29, 0.717) is 23.9 Å². The van der Waals surface area contributed by atoms with Crippen LogP contribution in [0, 0.1) is 0 Å². The monoisotopic (exact) mass is 316 g/mol. The summed E-state index contributed by atoms with van der Waals surface area (Å²) in [6.45, 7) is 1.26. The molecular weight excluding hydrogens is 304 g/mol. The van der Waals surface area contributed by atoms with Gasteiger partial charge in [0.2, 0.25) is 5.91 Å². The molecule has 7 nitrogen and oxygen atoms in total. The van der Waals surface area contributed by atoms with Crippen molar-refractivity contribution in [2.75, 3.05) is 6.54 Å². The molecule has 112 valence electrons. The number of amides is 1. The van der Waals surface area contributed by atoms with Crippen LogP contribution in [-0.4, -0.2) is 43.0 Å². The molecule has 2 N–H and O–H groups in total. The zero-order valence-corrected chi connectivity index (χ0v) is 12.4. The van der Waals surface area contributed by atoms with E-state index < -0.39 is 0 Å². The number of tetrazole rings is 1. The number of aromatic nitrogens is 5. The fraction of sp³-hybridized carbons (Fsp3) is 0.286. The summed E-state index contributed by atoms with van der Waals surface area (Å²) < 4.78 is 0. The third-order valence-electron chi connectivity index (χ3n) is 3.99. The van der Waals surface area contributed by atoms with Gasteiger partial charge in [0.1, 0.15) is 0 Å². The second-order valence-corrected chi connectivity index (χ2v) is 5.78. The van der Waals surface area contributed by atoms with Crippen LogP contribution in [0.3, 0.4) is 0 Å². The number of carbonyl (C=O) groups excluding carboxylic acids is 1. The molecule has 22 heavy (non-hydrogen) atoms. The largest absolute Gasteiger partial charge is 0.358 e. The van der Waals surface area contributed by atoms with Crippen LogP contribution < -0.4 is 0 Å². The van der Waals surface area contributed by atoms with Crippen molar-refractivity contribution in [1.82, 2.24) is 30.5 Å². The number of carbonyl (C=O) groups is 1. The smallest absolute Gasteiger partial charge is 0.230 e. The van der Waals surface area contributed by atoms with Gasteiger partial charge in [-0.25, -0.2) is 0 Å². The summed E-state index contributed by atoms with van der Waals surface area (Å²) in [6, 6.07) is 5.78. The number of hydrogen-bond donors (Lipinski definition) is 2. The van der Waals surface area contributed by atoms with Crippen molar-refractivity contribution >= 4 is 28.4 Å². The summed E-state index contributed by atoms with van der Waals surface area (Å²) in [7, 11) is 0. The minimum atomic E-state index is 0.00317. The minimum absolute atomic E-state index is 0.00317. The number of nitrogens with zero attached hydrogens (tertiary/aromatic N) is 4. The van der Waals surface area contributed by atoms with Gasteiger partial charge in [0.05, 0.1) is 6.42 Å². The molecular formula is C14H13ClN6O. The van der Waals surface area contributed by atoms with E-state index >= 15 is 0 Å². The molecule has 2 aromatic heterocycles. The molecule has 1 aliphatic heterocycles. The molecule has 0 radical (unpaired) electrons. The maximum Gasteiger partial charge on any atom is 0.230 e. The number of hydrogen-bond acceptors (Lipinski definition) is 4. The van der Waals surface area contributed by atoms with Gasteiger partial charge in [-0.1, -0.05) is 16.8 Å². The Labute approximate surface area is 130 Å². The molecule has 0 aliphatic carbocycles. The first kappa shape index (κ1) is 13.3. The van der Waals surface area contributed by atoms with E-state index in [1.165, 1.54) is 5.69 Å². The maximum absolute atomic E-state index is 12.4. The summed E-state index contributed by atoms with van der Waals surface area (Å²) >= 11 is 6.09. The minimum Gasteiger partial charge on any atom is -0.358 e. The van der Waals surface area contributed by atoms with E-state index in [4.69, 9.17) is 11.6 Å². The van der Waals surface area contributed by atoms with Crippen molar-refractivity contribution in [3.8, 4) is 0 Å². The highest BCUT2D eigenvalue weighted by Crippen LogP contribution is 2.29. The third kappa shape index (κ3) is 2.23. The zero-order chi connectivity index (χ0) is 15.1. The molecule has 0 bridgehead atoms. The van der Waals surface area contributed by atoms with Crippen molar-refractivity contribution < 1.29 is 4.79 Å². The van der Waals surface area contributed by atoms with Gasteiger partial charge < -0.3 is 9.88 Å². The van der Waals surface area contributed by atoms with Gasteiger partial charge >= 0.3 is 0 Å². The summed E-state index contributed by atoms with van der Waals surface area (Å²) in [5, 5.41) is 15.3. The van der Waals surface area contributed by atoms with E-state index in [-0.39, 0.29) is 12.3 Å². The highest BCUT2D eigenvalue weighted by molar-refractivity contribution is 6.31. The lowest BCUT2D eigenvalue weighted by molar-refractivity contribution is -0.131. The molecule has 0 saturated carbocycles. The first-order valence-electron chi connectivity index (χ1n) is 7.00. The molecule has 0 fully saturated rings. The molecule has 1 aliphatic rings. The SMILES string of the molecule is O=C(Cc1nn[nH]n1)N1CCc2[nH]c3ccc(Cl)cc3c2C1. The van der Waals surface area contributed by atoms with E-state index in [1.807, 2.05) is 23.1 Å². The van der Waals surface area contributed by atoms with Gasteiger partial charge in [-0.2, -0.15) is 5.21 Å². The Morgan fingerprint density at radius 3 is 3.14 bits per heavy atom. The van der Waals surface area contributed by atoms with Gasteiger partial charge in [0, 0.05) is 46.7 Å². The Balaban J connectivity index is 1.61. The third-order valence-corrected chi connectivity index (χ3v) is 4.22. The number of rotatable bonds is 2. The number of fused-ring (bicyclic) bond motifs is 3. The average Bonchev–Trinajstić information content (AvgIpc) is 3.14. The number of halogens is 1. The van der Waals surface area contributed by atoms with Gasteiger partial charge in [0.25, 0.3) is 0 Å². The van der Waals surface area contributed by atoms with Crippen molar-refractivity contribution in [3.05, 3.63) is 40.3 Å². The Bertz CT molecular complexity index is 841. The fourth-order valence-corrected chi connectivity index (χ4v) is 3.08. The quantitative estimate of drug-likeness (QED) is 0.749. The highest BCUT2D eigenvalue weighted by atomic mass is 35.5. The topological polar surface area (TPSA) is 90.6 Å². The van der Waals surface area contributed by atoms with Gasteiger partial charge in [-0.3, -0.25) is 4.79 Å². The van der Waals surface area contributed by atoms with E-state index in [9.17, 15) is 4.79 Å². The molecule has 1 amide bonds. The van der Waals surface area contributed by atoms with E-state index in [2.05, 4.69) is 25.6 Å². The summed E-state index contributed by atoms with van der Waals surface area (Å²) in [6.07, 6.45) is 0.967. The lowest BCUT2D eigenvalue weighted by atomic mass is 10.0. The van der Waals surface area contributed by atoms with Crippen LogP contribution in [0.5, 0.6) is 0 Å². The maximum atomic E-state index is 12.4. The van der Waals surface area contributed by atoms with Crippen molar-refractivity contribution in [1.29, 1.82) is 0 Å². The van der Waals surface area contributed by atoms with Crippen LogP contribution >= 0.6 is 11.6 Å². The Morgan fingerprint density at radius 1 is 1.41 bits per heavy atom. The van der Waals surface area contributed by atoms with Crippen LogP contribution in [0.15, 0.2) is 18.2 Å². The molecule has 1 aromatic carbocycles. The van der Waals surface area contributed by atoms with E-state index in [1.54, 1.807) is 0 Å².